The Morgan fingerprint density at radius 2 is 1.05 bits per heavy atom. The quantitative estimate of drug-likeness (QED) is 0.254. The van der Waals surface area contributed by atoms with E-state index in [-0.39, 0.29) is 16.2 Å². The van der Waals surface area contributed by atoms with Gasteiger partial charge in [-0.3, -0.25) is 0 Å². The molecule has 0 atom stereocenters. The monoisotopic (exact) mass is 501 g/mol. The number of rotatable bonds is 7. The summed E-state index contributed by atoms with van der Waals surface area (Å²) >= 11 is 0. The number of hydrogen-bond acceptors (Lipinski definition) is 3. The smallest absolute Gasteiger partial charge is 0.0542 e. The van der Waals surface area contributed by atoms with Crippen LogP contribution >= 0.6 is 0 Å². The maximum absolute atomic E-state index is 5.78. The van der Waals surface area contributed by atoms with Gasteiger partial charge in [0, 0.05) is 33.3 Å². The van der Waals surface area contributed by atoms with E-state index in [1.807, 2.05) is 0 Å². The molecule has 3 heteroatoms. The zero-order valence-electron chi connectivity index (χ0n) is 22.3. The van der Waals surface area contributed by atoms with Crippen LogP contribution in [0.4, 0.5) is 17.1 Å². The van der Waals surface area contributed by atoms with Gasteiger partial charge < -0.3 is 14.4 Å². The minimum Gasteiger partial charge on any atom is -0.380 e. The highest BCUT2D eigenvalue weighted by molar-refractivity contribution is 5.86. The van der Waals surface area contributed by atoms with Crippen LogP contribution in [0.25, 0.3) is 11.1 Å². The maximum atomic E-state index is 5.78. The fraction of sp³-hybridized carbons (Fsp3) is 0.314. The van der Waals surface area contributed by atoms with Crippen molar-refractivity contribution in [3.05, 3.63) is 114 Å². The summed E-state index contributed by atoms with van der Waals surface area (Å²) in [6, 6.07) is 37.7. The Kier molecular flexibility index (Phi) is 5.51. The van der Waals surface area contributed by atoms with Crippen molar-refractivity contribution in [2.45, 2.75) is 32.1 Å². The molecule has 0 aromatic heterocycles. The van der Waals surface area contributed by atoms with Gasteiger partial charge in [0.15, 0.2) is 0 Å². The standard InChI is InChI=1S/C35H35NO2/c1-33(22-37-23-33)20-35(21-34(2)24-38-25-34)31-16-10-9-15-29(31)30-18-17-28(19-32(30)35)36(26-11-5-3-6-12-26)27-13-7-4-8-14-27/h3-19H,20-25H2,1-2H3. The molecule has 192 valence electrons. The summed E-state index contributed by atoms with van der Waals surface area (Å²) < 4.78 is 11.6. The van der Waals surface area contributed by atoms with Gasteiger partial charge in [-0.05, 0) is 71.5 Å². The first-order valence-electron chi connectivity index (χ1n) is 13.8. The molecule has 3 nitrogen and oxygen atoms in total. The van der Waals surface area contributed by atoms with Gasteiger partial charge in [-0.2, -0.15) is 0 Å². The van der Waals surface area contributed by atoms with Crippen LogP contribution in [0.5, 0.6) is 0 Å². The van der Waals surface area contributed by atoms with Crippen molar-refractivity contribution in [1.82, 2.24) is 0 Å². The van der Waals surface area contributed by atoms with Crippen molar-refractivity contribution in [1.29, 1.82) is 0 Å². The lowest BCUT2D eigenvalue weighted by atomic mass is 9.59. The van der Waals surface area contributed by atoms with Gasteiger partial charge in [0.25, 0.3) is 0 Å². The summed E-state index contributed by atoms with van der Waals surface area (Å²) in [4.78, 5) is 2.39. The minimum absolute atomic E-state index is 0.0853. The summed E-state index contributed by atoms with van der Waals surface area (Å²) in [6.07, 6.45) is 2.17. The molecular weight excluding hydrogens is 466 g/mol. The number of benzene rings is 4. The van der Waals surface area contributed by atoms with E-state index in [2.05, 4.69) is 122 Å². The summed E-state index contributed by atoms with van der Waals surface area (Å²) in [6.45, 7) is 8.14. The summed E-state index contributed by atoms with van der Waals surface area (Å²) in [5.74, 6) is 0. The fourth-order valence-electron chi connectivity index (χ4n) is 7.19. The highest BCUT2D eigenvalue weighted by atomic mass is 16.5. The first-order chi connectivity index (χ1) is 18.5. The van der Waals surface area contributed by atoms with Crippen LogP contribution in [0.15, 0.2) is 103 Å². The van der Waals surface area contributed by atoms with E-state index in [1.54, 1.807) is 0 Å². The molecular formula is C35H35NO2. The highest BCUT2D eigenvalue weighted by Gasteiger charge is 2.53. The average molecular weight is 502 g/mol. The Hall–Kier alpha value is -3.40. The largest absolute Gasteiger partial charge is 0.380 e. The van der Waals surface area contributed by atoms with Gasteiger partial charge >= 0.3 is 0 Å². The average Bonchev–Trinajstić information content (AvgIpc) is 3.17. The summed E-state index contributed by atoms with van der Waals surface area (Å²) in [5.41, 5.74) is 9.46. The van der Waals surface area contributed by atoms with Crippen molar-refractivity contribution in [3.63, 3.8) is 0 Å². The Labute approximate surface area is 226 Å². The van der Waals surface area contributed by atoms with E-state index >= 15 is 0 Å². The molecule has 0 bridgehead atoms. The molecule has 1 aliphatic carbocycles. The lowest BCUT2D eigenvalue weighted by molar-refractivity contribution is -0.135. The third kappa shape index (κ3) is 3.80. The van der Waals surface area contributed by atoms with Crippen LogP contribution in [-0.4, -0.2) is 26.4 Å². The molecule has 3 aliphatic rings. The Morgan fingerprint density at radius 1 is 0.553 bits per heavy atom. The molecule has 2 saturated heterocycles. The van der Waals surface area contributed by atoms with E-state index in [1.165, 1.54) is 39.3 Å². The summed E-state index contributed by atoms with van der Waals surface area (Å²) in [5, 5.41) is 0. The van der Waals surface area contributed by atoms with Crippen LogP contribution in [-0.2, 0) is 14.9 Å². The van der Waals surface area contributed by atoms with Crippen molar-refractivity contribution >= 4 is 17.1 Å². The van der Waals surface area contributed by atoms with Crippen molar-refractivity contribution in [2.24, 2.45) is 10.8 Å². The number of anilines is 3. The summed E-state index contributed by atoms with van der Waals surface area (Å²) in [7, 11) is 0. The predicted octanol–water partition coefficient (Wildman–Crippen LogP) is 8.28. The number of para-hydroxylation sites is 2. The number of ether oxygens (including phenoxy) is 2. The normalized spacial score (nSPS) is 19.5. The van der Waals surface area contributed by atoms with Crippen LogP contribution in [0, 0.1) is 10.8 Å². The molecule has 0 amide bonds. The second-order valence-electron chi connectivity index (χ2n) is 12.3. The maximum Gasteiger partial charge on any atom is 0.0542 e. The first kappa shape index (κ1) is 23.7. The molecule has 4 aromatic carbocycles. The second kappa shape index (κ2) is 8.83. The second-order valence-corrected chi connectivity index (χ2v) is 12.3. The van der Waals surface area contributed by atoms with Gasteiger partial charge in [-0.25, -0.2) is 0 Å². The van der Waals surface area contributed by atoms with E-state index < -0.39 is 0 Å². The topological polar surface area (TPSA) is 21.7 Å². The molecule has 0 unspecified atom stereocenters. The third-order valence-electron chi connectivity index (χ3n) is 8.80. The predicted molar refractivity (Wildman–Crippen MR) is 154 cm³/mol. The van der Waals surface area contributed by atoms with Gasteiger partial charge in [-0.1, -0.05) is 80.6 Å². The zero-order chi connectivity index (χ0) is 25.8. The van der Waals surface area contributed by atoms with Gasteiger partial charge in [0.05, 0.1) is 26.4 Å². The third-order valence-corrected chi connectivity index (χ3v) is 8.80. The van der Waals surface area contributed by atoms with Crippen molar-refractivity contribution in [2.75, 3.05) is 31.3 Å². The first-order valence-corrected chi connectivity index (χ1v) is 13.8. The molecule has 2 heterocycles. The molecule has 2 aliphatic heterocycles. The van der Waals surface area contributed by atoms with E-state index in [4.69, 9.17) is 9.47 Å². The van der Waals surface area contributed by atoms with Crippen LogP contribution in [0.1, 0.15) is 37.8 Å². The highest BCUT2D eigenvalue weighted by Crippen LogP contribution is 2.60. The molecule has 38 heavy (non-hydrogen) atoms. The molecule has 4 aromatic rings. The molecule has 0 spiro atoms. The van der Waals surface area contributed by atoms with E-state index in [0.29, 0.717) is 0 Å². The lowest BCUT2D eigenvalue weighted by Gasteiger charge is -2.50. The van der Waals surface area contributed by atoms with E-state index in [0.717, 1.165) is 39.3 Å². The fourth-order valence-corrected chi connectivity index (χ4v) is 7.19. The Bertz CT molecular complexity index is 1390. The molecule has 0 radical (unpaired) electrons. The van der Waals surface area contributed by atoms with Gasteiger partial charge in [0.1, 0.15) is 0 Å². The van der Waals surface area contributed by atoms with E-state index in [9.17, 15) is 0 Å². The Balaban J connectivity index is 1.44. The molecule has 0 saturated carbocycles. The van der Waals surface area contributed by atoms with Gasteiger partial charge in [-0.15, -0.1) is 0 Å². The molecule has 0 N–H and O–H groups in total. The van der Waals surface area contributed by atoms with Crippen molar-refractivity contribution in [3.8, 4) is 11.1 Å². The lowest BCUT2D eigenvalue weighted by Crippen LogP contribution is -2.50. The number of fused-ring (bicyclic) bond motifs is 3. The Morgan fingerprint density at radius 3 is 1.58 bits per heavy atom. The minimum atomic E-state index is -0.0853. The molecule has 7 rings (SSSR count). The SMILES string of the molecule is CC1(CC2(CC3(C)COC3)c3ccccc3-c3ccc(N(c4ccccc4)c4ccccc4)cc32)COC1. The zero-order valence-corrected chi connectivity index (χ0v) is 22.3. The van der Waals surface area contributed by atoms with Crippen LogP contribution < -0.4 is 4.90 Å². The van der Waals surface area contributed by atoms with Gasteiger partial charge in [0.2, 0.25) is 0 Å². The van der Waals surface area contributed by atoms with Crippen LogP contribution in [0.2, 0.25) is 0 Å². The molecule has 2 fully saturated rings. The number of hydrogen-bond donors (Lipinski definition) is 0. The van der Waals surface area contributed by atoms with Crippen LogP contribution in [0.3, 0.4) is 0 Å². The number of nitrogens with zero attached hydrogens (tertiary/aromatic N) is 1. The van der Waals surface area contributed by atoms with Crippen molar-refractivity contribution < 1.29 is 9.47 Å².